The van der Waals surface area contributed by atoms with E-state index in [2.05, 4.69) is 15.0 Å². The van der Waals surface area contributed by atoms with Crippen LogP contribution in [0.5, 0.6) is 0 Å². The molecule has 2 N–H and O–H groups in total. The summed E-state index contributed by atoms with van der Waals surface area (Å²) in [6.07, 6.45) is 4.87. The van der Waals surface area contributed by atoms with E-state index in [4.69, 9.17) is 5.73 Å². The third kappa shape index (κ3) is 1.32. The molecular formula is C9H11N5. The van der Waals surface area contributed by atoms with E-state index >= 15 is 0 Å². The van der Waals surface area contributed by atoms with Gasteiger partial charge in [-0.2, -0.15) is 0 Å². The van der Waals surface area contributed by atoms with E-state index in [0.717, 1.165) is 11.4 Å². The highest BCUT2D eigenvalue weighted by molar-refractivity contribution is 5.33. The van der Waals surface area contributed by atoms with E-state index in [1.54, 1.807) is 18.7 Å². The molecule has 0 unspecified atom stereocenters. The number of rotatable bonds is 1. The average Bonchev–Trinajstić information content (AvgIpc) is 2.50. The molecule has 0 saturated carbocycles. The zero-order valence-corrected chi connectivity index (χ0v) is 8.10. The minimum atomic E-state index is 0.559. The molecule has 5 nitrogen and oxygen atoms in total. The van der Waals surface area contributed by atoms with Crippen LogP contribution in [0.2, 0.25) is 0 Å². The Hall–Kier alpha value is -1.91. The molecule has 2 heterocycles. The first-order valence-electron chi connectivity index (χ1n) is 4.27. The number of nitrogens with two attached hydrogens (primary N) is 1. The lowest BCUT2D eigenvalue weighted by molar-refractivity contribution is 0.895. The van der Waals surface area contributed by atoms with Crippen molar-refractivity contribution in [3.05, 3.63) is 30.1 Å². The summed E-state index contributed by atoms with van der Waals surface area (Å²) >= 11 is 0. The van der Waals surface area contributed by atoms with Crippen molar-refractivity contribution < 1.29 is 0 Å². The van der Waals surface area contributed by atoms with Gasteiger partial charge >= 0.3 is 0 Å². The number of aromatic nitrogens is 4. The van der Waals surface area contributed by atoms with Crippen molar-refractivity contribution in [1.29, 1.82) is 0 Å². The normalized spacial score (nSPS) is 10.4. The molecule has 0 aliphatic rings. The van der Waals surface area contributed by atoms with Crippen molar-refractivity contribution in [2.45, 2.75) is 13.8 Å². The Labute approximate surface area is 81.6 Å². The highest BCUT2D eigenvalue weighted by atomic mass is 15.2. The quantitative estimate of drug-likeness (QED) is 0.722. The van der Waals surface area contributed by atoms with E-state index in [9.17, 15) is 0 Å². The topological polar surface area (TPSA) is 69.6 Å². The van der Waals surface area contributed by atoms with Crippen LogP contribution < -0.4 is 5.73 Å². The van der Waals surface area contributed by atoms with Crippen LogP contribution in [0.1, 0.15) is 11.4 Å². The monoisotopic (exact) mass is 189 g/mol. The van der Waals surface area contributed by atoms with Gasteiger partial charge in [-0.1, -0.05) is 0 Å². The molecule has 0 spiro atoms. The Kier molecular flexibility index (Phi) is 1.92. The van der Waals surface area contributed by atoms with Gasteiger partial charge in [0.1, 0.15) is 6.33 Å². The summed E-state index contributed by atoms with van der Waals surface area (Å²) in [5.41, 5.74) is 8.07. The van der Waals surface area contributed by atoms with Crippen LogP contribution in [-0.4, -0.2) is 19.5 Å². The Morgan fingerprint density at radius 3 is 2.29 bits per heavy atom. The molecule has 0 amide bonds. The van der Waals surface area contributed by atoms with E-state index in [0.29, 0.717) is 11.6 Å². The predicted molar refractivity (Wildman–Crippen MR) is 53.0 cm³/mol. The summed E-state index contributed by atoms with van der Waals surface area (Å²) in [5.74, 6) is 0.595. The minimum absolute atomic E-state index is 0.559. The highest BCUT2D eigenvalue weighted by Crippen LogP contribution is 2.09. The summed E-state index contributed by atoms with van der Waals surface area (Å²) in [4.78, 5) is 12.4. The van der Waals surface area contributed by atoms with Crippen LogP contribution in [0, 0.1) is 13.8 Å². The Morgan fingerprint density at radius 2 is 1.79 bits per heavy atom. The first kappa shape index (κ1) is 8.68. The summed E-state index contributed by atoms with van der Waals surface area (Å²) in [7, 11) is 0. The lowest BCUT2D eigenvalue weighted by atomic mass is 10.4. The second-order valence-corrected chi connectivity index (χ2v) is 3.10. The van der Waals surface area contributed by atoms with Gasteiger partial charge in [0, 0.05) is 5.69 Å². The average molecular weight is 189 g/mol. The number of imidazole rings is 1. The first-order chi connectivity index (χ1) is 6.68. The van der Waals surface area contributed by atoms with Gasteiger partial charge in [-0.05, 0) is 13.8 Å². The predicted octanol–water partition coefficient (Wildman–Crippen LogP) is 0.861. The van der Waals surface area contributed by atoms with E-state index in [-0.39, 0.29) is 0 Å². The zero-order chi connectivity index (χ0) is 10.1. The van der Waals surface area contributed by atoms with Gasteiger partial charge in [0.25, 0.3) is 0 Å². The van der Waals surface area contributed by atoms with Gasteiger partial charge in [0.05, 0.1) is 23.8 Å². The highest BCUT2D eigenvalue weighted by Gasteiger charge is 2.05. The minimum Gasteiger partial charge on any atom is -0.396 e. The van der Waals surface area contributed by atoms with Gasteiger partial charge in [-0.25, -0.2) is 15.0 Å². The lowest BCUT2D eigenvalue weighted by Gasteiger charge is -2.02. The van der Waals surface area contributed by atoms with Gasteiger partial charge in [-0.15, -0.1) is 0 Å². The van der Waals surface area contributed by atoms with Crippen molar-refractivity contribution in [2.24, 2.45) is 0 Å². The first-order valence-corrected chi connectivity index (χ1v) is 4.27. The Morgan fingerprint density at radius 1 is 1.14 bits per heavy atom. The van der Waals surface area contributed by atoms with Gasteiger partial charge in [-0.3, -0.25) is 4.57 Å². The number of hydrogen-bond acceptors (Lipinski definition) is 4. The molecular weight excluding hydrogens is 178 g/mol. The van der Waals surface area contributed by atoms with E-state index in [1.807, 2.05) is 18.4 Å². The van der Waals surface area contributed by atoms with Crippen LogP contribution in [0.25, 0.3) is 5.95 Å². The summed E-state index contributed by atoms with van der Waals surface area (Å²) in [5, 5.41) is 0. The van der Waals surface area contributed by atoms with Crippen molar-refractivity contribution in [3.63, 3.8) is 0 Å². The molecule has 0 aliphatic carbocycles. The number of anilines is 1. The second-order valence-electron chi connectivity index (χ2n) is 3.10. The fraction of sp³-hybridized carbons (Fsp3) is 0.222. The molecule has 2 aromatic heterocycles. The van der Waals surface area contributed by atoms with Crippen LogP contribution in [0.3, 0.4) is 0 Å². The number of nitrogen functional groups attached to an aromatic ring is 1. The standard InChI is InChI=1S/C9H11N5/c1-6-7(2)14(5-13-6)9-11-3-8(10)4-12-9/h3-5H,10H2,1-2H3. The molecule has 5 heteroatoms. The third-order valence-corrected chi connectivity index (χ3v) is 2.13. The number of aryl methyl sites for hydroxylation is 1. The van der Waals surface area contributed by atoms with Crippen molar-refractivity contribution in [2.75, 3.05) is 5.73 Å². The van der Waals surface area contributed by atoms with Crippen molar-refractivity contribution in [3.8, 4) is 5.95 Å². The van der Waals surface area contributed by atoms with Crippen molar-refractivity contribution in [1.82, 2.24) is 19.5 Å². The fourth-order valence-corrected chi connectivity index (χ4v) is 1.16. The lowest BCUT2D eigenvalue weighted by Crippen LogP contribution is -2.02. The molecule has 0 fully saturated rings. The molecule has 0 atom stereocenters. The molecule has 14 heavy (non-hydrogen) atoms. The summed E-state index contributed by atoms with van der Waals surface area (Å²) in [6.45, 7) is 3.92. The maximum absolute atomic E-state index is 5.50. The zero-order valence-electron chi connectivity index (χ0n) is 8.10. The maximum atomic E-state index is 5.50. The molecule has 0 aromatic carbocycles. The van der Waals surface area contributed by atoms with Crippen LogP contribution in [0.4, 0.5) is 5.69 Å². The van der Waals surface area contributed by atoms with Gasteiger partial charge in [0.15, 0.2) is 0 Å². The van der Waals surface area contributed by atoms with Gasteiger partial charge < -0.3 is 5.73 Å². The van der Waals surface area contributed by atoms with Crippen LogP contribution >= 0.6 is 0 Å². The SMILES string of the molecule is Cc1ncn(-c2ncc(N)cn2)c1C. The molecule has 2 rings (SSSR count). The number of hydrogen-bond donors (Lipinski definition) is 1. The fourth-order valence-electron chi connectivity index (χ4n) is 1.16. The van der Waals surface area contributed by atoms with E-state index < -0.39 is 0 Å². The largest absolute Gasteiger partial charge is 0.396 e. The summed E-state index contributed by atoms with van der Waals surface area (Å²) < 4.78 is 1.83. The Balaban J connectivity index is 2.49. The van der Waals surface area contributed by atoms with E-state index in [1.165, 1.54) is 0 Å². The molecule has 0 aliphatic heterocycles. The molecule has 72 valence electrons. The molecule has 0 radical (unpaired) electrons. The number of nitrogens with zero attached hydrogens (tertiary/aromatic N) is 4. The maximum Gasteiger partial charge on any atom is 0.235 e. The second kappa shape index (κ2) is 3.10. The van der Waals surface area contributed by atoms with Crippen LogP contribution in [-0.2, 0) is 0 Å². The van der Waals surface area contributed by atoms with Crippen molar-refractivity contribution >= 4 is 5.69 Å². The molecule has 2 aromatic rings. The van der Waals surface area contributed by atoms with Crippen LogP contribution in [0.15, 0.2) is 18.7 Å². The smallest absolute Gasteiger partial charge is 0.235 e. The third-order valence-electron chi connectivity index (χ3n) is 2.13. The van der Waals surface area contributed by atoms with Gasteiger partial charge in [0.2, 0.25) is 5.95 Å². The Bertz CT molecular complexity index is 443. The summed E-state index contributed by atoms with van der Waals surface area (Å²) in [6, 6.07) is 0. The molecule has 0 saturated heterocycles. The molecule has 0 bridgehead atoms.